The van der Waals surface area contributed by atoms with Crippen molar-refractivity contribution in [2.75, 3.05) is 5.32 Å². The van der Waals surface area contributed by atoms with Gasteiger partial charge in [-0.1, -0.05) is 25.1 Å². The Balaban J connectivity index is 1.56. The third kappa shape index (κ3) is 5.88. The van der Waals surface area contributed by atoms with E-state index in [4.69, 9.17) is 9.97 Å². The summed E-state index contributed by atoms with van der Waals surface area (Å²) in [5.74, 6) is 1.39. The first-order valence-corrected chi connectivity index (χ1v) is 10.2. The van der Waals surface area contributed by atoms with E-state index in [1.165, 1.54) is 12.1 Å². The Labute approximate surface area is 180 Å². The standard InChI is InChI=1S/C24H23FN6/c1-17(19-4-6-20(25)7-5-19)11-24-30-21(12-22-16-27-9-10-28-22)13-23(31-24)29-15-18-3-2-8-26-14-18/h2-10,13-14,16-17H,11-12,15H2,1H3,(H,29,30,31)/t17-/m1/s1. The number of halogens is 1. The number of aromatic nitrogens is 5. The summed E-state index contributed by atoms with van der Waals surface area (Å²) < 4.78 is 13.3. The molecule has 0 unspecified atom stereocenters. The van der Waals surface area contributed by atoms with Crippen LogP contribution in [0, 0.1) is 5.82 Å². The summed E-state index contributed by atoms with van der Waals surface area (Å²) in [7, 11) is 0. The number of nitrogens with one attached hydrogen (secondary N) is 1. The zero-order chi connectivity index (χ0) is 21.5. The molecule has 3 aromatic heterocycles. The van der Waals surface area contributed by atoms with Gasteiger partial charge in [0.25, 0.3) is 0 Å². The van der Waals surface area contributed by atoms with Crippen LogP contribution in [0.25, 0.3) is 0 Å². The van der Waals surface area contributed by atoms with Gasteiger partial charge in [0, 0.05) is 56.4 Å². The molecule has 0 amide bonds. The molecular formula is C24H23FN6. The summed E-state index contributed by atoms with van der Waals surface area (Å²) in [5.41, 5.74) is 3.83. The molecule has 3 heterocycles. The van der Waals surface area contributed by atoms with Gasteiger partial charge in [-0.15, -0.1) is 0 Å². The molecule has 4 rings (SSSR count). The highest BCUT2D eigenvalue weighted by atomic mass is 19.1. The van der Waals surface area contributed by atoms with Crippen molar-refractivity contribution in [3.63, 3.8) is 0 Å². The molecule has 1 N–H and O–H groups in total. The fourth-order valence-electron chi connectivity index (χ4n) is 3.31. The van der Waals surface area contributed by atoms with Crippen molar-refractivity contribution in [3.8, 4) is 0 Å². The predicted octanol–water partition coefficient (Wildman–Crippen LogP) is 4.35. The lowest BCUT2D eigenvalue weighted by Gasteiger charge is -2.14. The van der Waals surface area contributed by atoms with Crippen molar-refractivity contribution in [3.05, 3.63) is 108 Å². The lowest BCUT2D eigenvalue weighted by molar-refractivity contribution is 0.624. The van der Waals surface area contributed by atoms with Crippen LogP contribution >= 0.6 is 0 Å². The topological polar surface area (TPSA) is 76.5 Å². The zero-order valence-corrected chi connectivity index (χ0v) is 17.2. The van der Waals surface area contributed by atoms with Gasteiger partial charge in [0.2, 0.25) is 0 Å². The summed E-state index contributed by atoms with van der Waals surface area (Å²) in [6.07, 6.45) is 9.85. The highest BCUT2D eigenvalue weighted by molar-refractivity contribution is 5.38. The third-order valence-electron chi connectivity index (χ3n) is 4.93. The highest BCUT2D eigenvalue weighted by Gasteiger charge is 2.12. The molecule has 0 aliphatic carbocycles. The number of hydrogen-bond acceptors (Lipinski definition) is 6. The number of pyridine rings is 1. The van der Waals surface area contributed by atoms with Crippen molar-refractivity contribution < 1.29 is 4.39 Å². The van der Waals surface area contributed by atoms with Crippen molar-refractivity contribution in [1.82, 2.24) is 24.9 Å². The second-order valence-corrected chi connectivity index (χ2v) is 7.41. The molecule has 1 atom stereocenters. The molecule has 0 saturated carbocycles. The van der Waals surface area contributed by atoms with Gasteiger partial charge in [-0.2, -0.15) is 0 Å². The fraction of sp³-hybridized carbons (Fsp3) is 0.208. The van der Waals surface area contributed by atoms with Gasteiger partial charge in [-0.25, -0.2) is 14.4 Å². The molecule has 31 heavy (non-hydrogen) atoms. The van der Waals surface area contributed by atoms with E-state index in [1.54, 1.807) is 24.8 Å². The highest BCUT2D eigenvalue weighted by Crippen LogP contribution is 2.21. The summed E-state index contributed by atoms with van der Waals surface area (Å²) in [5, 5.41) is 3.37. The second kappa shape index (κ2) is 9.84. The van der Waals surface area contributed by atoms with Gasteiger partial charge in [-0.05, 0) is 35.2 Å². The number of rotatable bonds is 8. The van der Waals surface area contributed by atoms with E-state index in [0.29, 0.717) is 19.4 Å². The first-order chi connectivity index (χ1) is 15.2. The fourth-order valence-corrected chi connectivity index (χ4v) is 3.31. The lowest BCUT2D eigenvalue weighted by Crippen LogP contribution is -2.10. The van der Waals surface area contributed by atoms with Crippen LogP contribution in [0.15, 0.2) is 73.4 Å². The van der Waals surface area contributed by atoms with Gasteiger partial charge >= 0.3 is 0 Å². The van der Waals surface area contributed by atoms with Crippen LogP contribution in [0.4, 0.5) is 10.2 Å². The van der Waals surface area contributed by atoms with Crippen molar-refractivity contribution >= 4 is 5.82 Å². The molecule has 0 aliphatic rings. The molecule has 156 valence electrons. The second-order valence-electron chi connectivity index (χ2n) is 7.41. The van der Waals surface area contributed by atoms with Crippen molar-refractivity contribution in [2.24, 2.45) is 0 Å². The number of nitrogens with zero attached hydrogens (tertiary/aromatic N) is 5. The number of hydrogen-bond donors (Lipinski definition) is 1. The summed E-state index contributed by atoms with van der Waals surface area (Å²) >= 11 is 0. The van der Waals surface area contributed by atoms with Crippen molar-refractivity contribution in [2.45, 2.75) is 32.2 Å². The Hall–Kier alpha value is -3.74. The quantitative estimate of drug-likeness (QED) is 0.462. The Morgan fingerprint density at radius 2 is 1.77 bits per heavy atom. The Bertz CT molecular complexity index is 1100. The summed E-state index contributed by atoms with van der Waals surface area (Å²) in [4.78, 5) is 22.1. The first kappa shape index (κ1) is 20.5. The SMILES string of the molecule is C[C@H](Cc1nc(Cc2cnccn2)cc(NCc2cccnc2)n1)c1ccc(F)cc1. The lowest BCUT2D eigenvalue weighted by atomic mass is 9.97. The molecule has 0 radical (unpaired) electrons. The molecule has 0 fully saturated rings. The van der Waals surface area contributed by atoms with Crippen molar-refractivity contribution in [1.29, 1.82) is 0 Å². The minimum Gasteiger partial charge on any atom is -0.366 e. The third-order valence-corrected chi connectivity index (χ3v) is 4.93. The van der Waals surface area contributed by atoms with Gasteiger partial charge in [-0.3, -0.25) is 15.0 Å². The normalized spacial score (nSPS) is 11.8. The van der Waals surface area contributed by atoms with E-state index >= 15 is 0 Å². The Kier molecular flexibility index (Phi) is 6.52. The maximum atomic E-state index is 13.3. The van der Waals surface area contributed by atoms with E-state index in [1.807, 2.05) is 36.5 Å². The number of benzene rings is 1. The molecule has 4 aromatic rings. The zero-order valence-electron chi connectivity index (χ0n) is 17.2. The largest absolute Gasteiger partial charge is 0.366 e. The van der Waals surface area contributed by atoms with E-state index in [9.17, 15) is 4.39 Å². The van der Waals surface area contributed by atoms with E-state index < -0.39 is 0 Å². The van der Waals surface area contributed by atoms with E-state index in [0.717, 1.165) is 34.2 Å². The Morgan fingerprint density at radius 1 is 0.935 bits per heavy atom. The first-order valence-electron chi connectivity index (χ1n) is 10.2. The molecule has 1 aromatic carbocycles. The molecule has 0 spiro atoms. The minimum atomic E-state index is -0.236. The van der Waals surface area contributed by atoms with E-state index in [2.05, 4.69) is 27.2 Å². The monoisotopic (exact) mass is 414 g/mol. The predicted molar refractivity (Wildman–Crippen MR) is 117 cm³/mol. The maximum Gasteiger partial charge on any atom is 0.131 e. The van der Waals surface area contributed by atoms with Crippen LogP contribution in [0.5, 0.6) is 0 Å². The molecule has 0 saturated heterocycles. The Morgan fingerprint density at radius 3 is 2.52 bits per heavy atom. The molecule has 0 bridgehead atoms. The van der Waals surface area contributed by atoms with Crippen LogP contribution < -0.4 is 5.32 Å². The molecule has 7 heteroatoms. The van der Waals surface area contributed by atoms with Crippen LogP contribution in [0.1, 0.15) is 41.2 Å². The van der Waals surface area contributed by atoms with E-state index in [-0.39, 0.29) is 11.7 Å². The van der Waals surface area contributed by atoms with Crippen LogP contribution in [0.3, 0.4) is 0 Å². The number of anilines is 1. The average molecular weight is 414 g/mol. The minimum absolute atomic E-state index is 0.151. The molecular weight excluding hydrogens is 391 g/mol. The van der Waals surface area contributed by atoms with Gasteiger partial charge < -0.3 is 5.32 Å². The van der Waals surface area contributed by atoms with Crippen LogP contribution in [-0.2, 0) is 19.4 Å². The van der Waals surface area contributed by atoms with Gasteiger partial charge in [0.05, 0.1) is 11.4 Å². The molecule has 6 nitrogen and oxygen atoms in total. The van der Waals surface area contributed by atoms with Crippen LogP contribution in [0.2, 0.25) is 0 Å². The average Bonchev–Trinajstić information content (AvgIpc) is 2.79. The van der Waals surface area contributed by atoms with Gasteiger partial charge in [0.15, 0.2) is 0 Å². The summed E-state index contributed by atoms with van der Waals surface area (Å²) in [6, 6.07) is 12.5. The maximum absolute atomic E-state index is 13.3. The van der Waals surface area contributed by atoms with Crippen LogP contribution in [-0.4, -0.2) is 24.9 Å². The van der Waals surface area contributed by atoms with Gasteiger partial charge in [0.1, 0.15) is 17.5 Å². The molecule has 0 aliphatic heterocycles. The smallest absolute Gasteiger partial charge is 0.131 e. The summed E-state index contributed by atoms with van der Waals surface area (Å²) in [6.45, 7) is 2.71.